The molecule has 0 heterocycles. The first-order valence-corrected chi connectivity index (χ1v) is 15.5. The Balaban J connectivity index is 2.11. The third-order valence-corrected chi connectivity index (χ3v) is 9.00. The van der Waals surface area contributed by atoms with Gasteiger partial charge in [0.1, 0.15) is 12.6 Å². The third kappa shape index (κ3) is 7.83. The summed E-state index contributed by atoms with van der Waals surface area (Å²) < 4.78 is 28.6. The second-order valence-corrected chi connectivity index (χ2v) is 12.4. The van der Waals surface area contributed by atoms with Gasteiger partial charge < -0.3 is 10.2 Å². The van der Waals surface area contributed by atoms with E-state index in [1.807, 2.05) is 6.92 Å². The number of nitrogens with one attached hydrogen (secondary N) is 1. The first-order valence-electron chi connectivity index (χ1n) is 12.5. The minimum atomic E-state index is -4.26. The minimum absolute atomic E-state index is 0.0349. The molecule has 1 N–H and O–H groups in total. The standard InChI is InChI=1S/C28H29Cl4N3O4S/c1-3-13-33-28(37)26(4-2)34(17-23-24(31)11-8-12-25(23)32)27(36)18-35(21-15-19(29)14-20(30)16-21)40(38,39)22-9-6-5-7-10-22/h5-12,14-16,26H,3-4,13,17-18H2,1-2H3,(H,33,37)/t26-/m0/s1. The summed E-state index contributed by atoms with van der Waals surface area (Å²) in [4.78, 5) is 28.5. The van der Waals surface area contributed by atoms with Gasteiger partial charge >= 0.3 is 0 Å². The van der Waals surface area contributed by atoms with Crippen molar-refractivity contribution in [1.29, 1.82) is 0 Å². The summed E-state index contributed by atoms with van der Waals surface area (Å²) in [6.07, 6.45) is 0.961. The lowest BCUT2D eigenvalue weighted by atomic mass is 10.1. The molecular formula is C28H29Cl4N3O4S. The number of carbonyl (C=O) groups is 2. The summed E-state index contributed by atoms with van der Waals surface area (Å²) >= 11 is 25.3. The molecule has 0 saturated heterocycles. The molecule has 3 aromatic rings. The van der Waals surface area contributed by atoms with Crippen molar-refractivity contribution in [2.24, 2.45) is 0 Å². The second kappa shape index (κ2) is 14.4. The van der Waals surface area contributed by atoms with Gasteiger partial charge in [-0.1, -0.05) is 84.5 Å². The monoisotopic (exact) mass is 643 g/mol. The minimum Gasteiger partial charge on any atom is -0.354 e. The lowest BCUT2D eigenvalue weighted by molar-refractivity contribution is -0.140. The van der Waals surface area contributed by atoms with Gasteiger partial charge in [-0.3, -0.25) is 13.9 Å². The highest BCUT2D eigenvalue weighted by atomic mass is 35.5. The quantitative estimate of drug-likeness (QED) is 0.234. The van der Waals surface area contributed by atoms with E-state index in [9.17, 15) is 18.0 Å². The van der Waals surface area contributed by atoms with Crippen LogP contribution in [-0.4, -0.2) is 44.3 Å². The average Bonchev–Trinajstić information content (AvgIpc) is 2.91. The van der Waals surface area contributed by atoms with Crippen LogP contribution in [0, 0.1) is 0 Å². The van der Waals surface area contributed by atoms with Gasteiger partial charge in [-0.15, -0.1) is 0 Å². The van der Waals surface area contributed by atoms with Crippen molar-refractivity contribution in [2.75, 3.05) is 17.4 Å². The highest BCUT2D eigenvalue weighted by Gasteiger charge is 2.34. The molecule has 0 bridgehead atoms. The zero-order chi connectivity index (χ0) is 29.4. The number of amides is 2. The number of carbonyl (C=O) groups excluding carboxylic acids is 2. The maximum absolute atomic E-state index is 14.1. The van der Waals surface area contributed by atoms with Crippen LogP contribution >= 0.6 is 46.4 Å². The number of hydrogen-bond acceptors (Lipinski definition) is 4. The fraction of sp³-hybridized carbons (Fsp3) is 0.286. The molecule has 1 atom stereocenters. The summed E-state index contributed by atoms with van der Waals surface area (Å²) in [6, 6.07) is 16.0. The zero-order valence-corrected chi connectivity index (χ0v) is 25.8. The molecule has 7 nitrogen and oxygen atoms in total. The Hall–Kier alpha value is -2.49. The number of halogens is 4. The van der Waals surface area contributed by atoms with Crippen LogP contribution in [0.25, 0.3) is 0 Å². The van der Waals surface area contributed by atoms with Gasteiger partial charge in [0, 0.05) is 38.7 Å². The Kier molecular flexibility index (Phi) is 11.5. The van der Waals surface area contributed by atoms with Crippen LogP contribution in [0.5, 0.6) is 0 Å². The Morgan fingerprint density at radius 1 is 0.875 bits per heavy atom. The van der Waals surface area contributed by atoms with Crippen LogP contribution in [0.3, 0.4) is 0 Å². The molecule has 40 heavy (non-hydrogen) atoms. The summed E-state index contributed by atoms with van der Waals surface area (Å²) in [6.45, 7) is 3.33. The highest BCUT2D eigenvalue weighted by molar-refractivity contribution is 7.92. The van der Waals surface area contributed by atoms with Crippen LogP contribution in [-0.2, 0) is 26.2 Å². The normalized spacial score (nSPS) is 12.1. The van der Waals surface area contributed by atoms with Crippen molar-refractivity contribution in [3.63, 3.8) is 0 Å². The van der Waals surface area contributed by atoms with Crippen molar-refractivity contribution in [3.05, 3.63) is 92.4 Å². The Morgan fingerprint density at radius 2 is 1.48 bits per heavy atom. The Bertz CT molecular complexity index is 1410. The molecule has 0 spiro atoms. The molecule has 3 aromatic carbocycles. The Morgan fingerprint density at radius 3 is 2.02 bits per heavy atom. The maximum Gasteiger partial charge on any atom is 0.264 e. The van der Waals surface area contributed by atoms with Crippen molar-refractivity contribution in [1.82, 2.24) is 10.2 Å². The predicted octanol–water partition coefficient (Wildman–Crippen LogP) is 6.83. The van der Waals surface area contributed by atoms with Gasteiger partial charge in [0.05, 0.1) is 10.6 Å². The molecule has 0 aliphatic rings. The molecule has 2 amide bonds. The van der Waals surface area contributed by atoms with E-state index in [1.54, 1.807) is 43.3 Å². The molecule has 0 fully saturated rings. The maximum atomic E-state index is 14.1. The lowest BCUT2D eigenvalue weighted by Crippen LogP contribution is -2.52. The van der Waals surface area contributed by atoms with Crippen LogP contribution in [0.4, 0.5) is 5.69 Å². The molecular weight excluding hydrogens is 616 g/mol. The van der Waals surface area contributed by atoms with E-state index in [-0.39, 0.29) is 39.5 Å². The van der Waals surface area contributed by atoms with E-state index in [2.05, 4.69) is 5.32 Å². The van der Waals surface area contributed by atoms with Gasteiger partial charge in [0.15, 0.2) is 0 Å². The van der Waals surface area contributed by atoms with Gasteiger partial charge in [0.2, 0.25) is 11.8 Å². The molecule has 0 radical (unpaired) electrons. The summed E-state index contributed by atoms with van der Waals surface area (Å²) in [7, 11) is -4.26. The van der Waals surface area contributed by atoms with Crippen LogP contribution in [0.15, 0.2) is 71.6 Å². The Labute approximate surface area is 255 Å². The molecule has 0 unspecified atom stereocenters. The van der Waals surface area contributed by atoms with E-state index in [4.69, 9.17) is 46.4 Å². The van der Waals surface area contributed by atoms with Gasteiger partial charge in [-0.25, -0.2) is 8.42 Å². The summed E-state index contributed by atoms with van der Waals surface area (Å²) in [5.41, 5.74) is 0.526. The fourth-order valence-corrected chi connectivity index (χ4v) is 6.52. The van der Waals surface area contributed by atoms with E-state index in [0.717, 1.165) is 4.31 Å². The third-order valence-electron chi connectivity index (χ3n) is 6.07. The zero-order valence-electron chi connectivity index (χ0n) is 21.9. The average molecular weight is 645 g/mol. The van der Waals surface area contributed by atoms with Gasteiger partial charge in [-0.05, 0) is 55.3 Å². The van der Waals surface area contributed by atoms with E-state index in [0.29, 0.717) is 28.6 Å². The predicted molar refractivity (Wildman–Crippen MR) is 162 cm³/mol. The fourth-order valence-electron chi connectivity index (χ4n) is 4.07. The summed E-state index contributed by atoms with van der Waals surface area (Å²) in [5, 5.41) is 3.82. The van der Waals surface area contributed by atoms with E-state index in [1.165, 1.54) is 35.2 Å². The number of nitrogens with zero attached hydrogens (tertiary/aromatic N) is 2. The molecule has 214 valence electrons. The number of anilines is 1. The topological polar surface area (TPSA) is 86.8 Å². The number of benzene rings is 3. The van der Waals surface area contributed by atoms with E-state index < -0.39 is 28.5 Å². The molecule has 3 rings (SSSR count). The molecule has 0 aromatic heterocycles. The number of hydrogen-bond donors (Lipinski definition) is 1. The molecule has 0 aliphatic heterocycles. The van der Waals surface area contributed by atoms with Crippen LogP contribution in [0.1, 0.15) is 32.3 Å². The van der Waals surface area contributed by atoms with Crippen molar-refractivity contribution < 1.29 is 18.0 Å². The second-order valence-electron chi connectivity index (χ2n) is 8.89. The smallest absolute Gasteiger partial charge is 0.264 e. The van der Waals surface area contributed by atoms with Crippen molar-refractivity contribution >= 4 is 73.9 Å². The highest BCUT2D eigenvalue weighted by Crippen LogP contribution is 2.31. The summed E-state index contributed by atoms with van der Waals surface area (Å²) in [5.74, 6) is -1.02. The lowest BCUT2D eigenvalue weighted by Gasteiger charge is -2.33. The number of sulfonamides is 1. The largest absolute Gasteiger partial charge is 0.354 e. The SMILES string of the molecule is CCCNC(=O)[C@H](CC)N(Cc1c(Cl)cccc1Cl)C(=O)CN(c1cc(Cl)cc(Cl)c1)S(=O)(=O)c1ccccc1. The van der Waals surface area contributed by atoms with Crippen LogP contribution in [0.2, 0.25) is 20.1 Å². The van der Waals surface area contributed by atoms with Gasteiger partial charge in [0.25, 0.3) is 10.0 Å². The van der Waals surface area contributed by atoms with E-state index >= 15 is 0 Å². The van der Waals surface area contributed by atoms with Crippen LogP contribution < -0.4 is 9.62 Å². The molecule has 0 aliphatic carbocycles. The first-order chi connectivity index (χ1) is 19.0. The number of rotatable bonds is 12. The van der Waals surface area contributed by atoms with Crippen molar-refractivity contribution in [2.45, 2.75) is 44.2 Å². The first kappa shape index (κ1) is 32.0. The molecule has 12 heteroatoms. The molecule has 0 saturated carbocycles. The van der Waals surface area contributed by atoms with Crippen molar-refractivity contribution in [3.8, 4) is 0 Å². The van der Waals surface area contributed by atoms with Gasteiger partial charge in [-0.2, -0.15) is 0 Å².